The Kier molecular flexibility index (Phi) is 6.43. The van der Waals surface area contributed by atoms with Gasteiger partial charge < -0.3 is 5.32 Å². The Morgan fingerprint density at radius 2 is 2.14 bits per heavy atom. The lowest BCUT2D eigenvalue weighted by Crippen LogP contribution is -2.22. The van der Waals surface area contributed by atoms with Crippen LogP contribution in [0.3, 0.4) is 0 Å². The molecule has 0 spiro atoms. The quantitative estimate of drug-likeness (QED) is 0.348. The molecule has 0 saturated heterocycles. The average molecular weight is 353 g/mol. The van der Waals surface area contributed by atoms with Crippen LogP contribution in [0.1, 0.15) is 17.3 Å². The molecule has 0 unspecified atom stereocenters. The van der Waals surface area contributed by atoms with Crippen molar-refractivity contribution in [1.29, 1.82) is 0 Å². The molecule has 0 saturated carbocycles. The van der Waals surface area contributed by atoms with Gasteiger partial charge in [-0.15, -0.1) is 11.8 Å². The van der Waals surface area contributed by atoms with Crippen LogP contribution in [-0.4, -0.2) is 37.3 Å². The largest absolute Gasteiger partial charge is 0.352 e. The summed E-state index contributed by atoms with van der Waals surface area (Å²) >= 11 is 0.967. The maximum Gasteiger partial charge on any atom is 0.282 e. The number of hydrogen-bond donors (Lipinski definition) is 1. The molecule has 0 atom stereocenters. The summed E-state index contributed by atoms with van der Waals surface area (Å²) in [6, 6.07) is 3.95. The molecule has 0 aromatic heterocycles. The van der Waals surface area contributed by atoms with E-state index in [1.165, 1.54) is 18.2 Å². The van der Waals surface area contributed by atoms with Crippen molar-refractivity contribution in [3.05, 3.63) is 33.9 Å². The van der Waals surface area contributed by atoms with Crippen LogP contribution in [0.4, 0.5) is 5.69 Å². The monoisotopic (exact) mass is 352 g/mol. The Labute approximate surface area is 130 Å². The van der Waals surface area contributed by atoms with Gasteiger partial charge in [0, 0.05) is 34.6 Å². The Balaban J connectivity index is 2.99. The molecule has 0 fully saturated rings. The molecule has 0 aliphatic heterocycles. The molecule has 0 bridgehead atoms. The van der Waals surface area contributed by atoms with E-state index in [2.05, 4.69) is 5.32 Å². The summed E-state index contributed by atoms with van der Waals surface area (Å²) in [6.45, 7) is 2.19. The van der Waals surface area contributed by atoms with Crippen molar-refractivity contribution in [2.75, 3.05) is 18.1 Å². The smallest absolute Gasteiger partial charge is 0.282 e. The third kappa shape index (κ3) is 5.90. The van der Waals surface area contributed by atoms with E-state index in [0.29, 0.717) is 6.54 Å². The number of halogens is 1. The number of nitro benzene ring substituents is 1. The molecule has 10 heteroatoms. The molecule has 0 aliphatic rings. The van der Waals surface area contributed by atoms with Crippen molar-refractivity contribution < 1.29 is 18.1 Å². The molecule has 0 aliphatic carbocycles. The van der Waals surface area contributed by atoms with Crippen molar-refractivity contribution >= 4 is 43.1 Å². The summed E-state index contributed by atoms with van der Waals surface area (Å²) in [5, 5.41) is 13.5. The lowest BCUT2D eigenvalue weighted by molar-refractivity contribution is -0.387. The van der Waals surface area contributed by atoms with Gasteiger partial charge in [0.25, 0.3) is 11.6 Å². The van der Waals surface area contributed by atoms with E-state index in [1.807, 2.05) is 0 Å². The van der Waals surface area contributed by atoms with E-state index >= 15 is 0 Å². The summed E-state index contributed by atoms with van der Waals surface area (Å²) in [4.78, 5) is 22.3. The molecule has 1 N–H and O–H groups in total. The van der Waals surface area contributed by atoms with Crippen LogP contribution < -0.4 is 5.32 Å². The van der Waals surface area contributed by atoms with E-state index in [4.69, 9.17) is 10.7 Å². The van der Waals surface area contributed by atoms with Gasteiger partial charge in [0.15, 0.2) is 0 Å². The summed E-state index contributed by atoms with van der Waals surface area (Å²) < 4.78 is 21.7. The molecular weight excluding hydrogens is 340 g/mol. The molecule has 7 nitrogen and oxygen atoms in total. The number of hydrogen-bond acceptors (Lipinski definition) is 6. The van der Waals surface area contributed by atoms with E-state index in [1.54, 1.807) is 6.92 Å². The fourth-order valence-electron chi connectivity index (χ4n) is 1.44. The Morgan fingerprint density at radius 1 is 1.48 bits per heavy atom. The highest BCUT2D eigenvalue weighted by Gasteiger charge is 2.18. The predicted octanol–water partition coefficient (Wildman–Crippen LogP) is 2.01. The topological polar surface area (TPSA) is 106 Å². The van der Waals surface area contributed by atoms with Gasteiger partial charge in [-0.2, -0.15) is 0 Å². The van der Waals surface area contributed by atoms with Crippen molar-refractivity contribution in [3.63, 3.8) is 0 Å². The lowest BCUT2D eigenvalue weighted by atomic mass is 10.2. The van der Waals surface area contributed by atoms with Crippen LogP contribution in [0.15, 0.2) is 23.1 Å². The first kappa shape index (κ1) is 17.7. The number of nitro groups is 1. The Bertz CT molecular complexity index is 648. The van der Waals surface area contributed by atoms with Gasteiger partial charge in [-0.3, -0.25) is 14.9 Å². The summed E-state index contributed by atoms with van der Waals surface area (Å²) in [5.74, 6) is -0.605. The number of carbonyl (C=O) groups is 1. The first-order valence-corrected chi connectivity index (χ1v) is 9.32. The summed E-state index contributed by atoms with van der Waals surface area (Å²) in [7, 11) is 1.43. The van der Waals surface area contributed by atoms with Crippen molar-refractivity contribution in [2.24, 2.45) is 0 Å². The zero-order chi connectivity index (χ0) is 16.0. The Hall–Kier alpha value is -1.32. The van der Waals surface area contributed by atoms with Crippen molar-refractivity contribution in [3.8, 4) is 0 Å². The minimum absolute atomic E-state index is 0.0610. The normalized spacial score (nSPS) is 11.1. The van der Waals surface area contributed by atoms with E-state index in [9.17, 15) is 23.3 Å². The fourth-order valence-corrected chi connectivity index (χ4v) is 3.85. The average Bonchev–Trinajstić information content (AvgIpc) is 2.37. The highest BCUT2D eigenvalue weighted by atomic mass is 35.7. The fraction of sp³-hybridized carbons (Fsp3) is 0.364. The maximum absolute atomic E-state index is 11.7. The van der Waals surface area contributed by atoms with E-state index < -0.39 is 14.0 Å². The number of nitrogens with one attached hydrogen (secondary N) is 1. The van der Waals surface area contributed by atoms with Crippen LogP contribution in [0.2, 0.25) is 0 Å². The molecule has 1 amide bonds. The van der Waals surface area contributed by atoms with Gasteiger partial charge in [0.2, 0.25) is 9.05 Å². The van der Waals surface area contributed by atoms with E-state index in [-0.39, 0.29) is 33.6 Å². The summed E-state index contributed by atoms with van der Waals surface area (Å²) in [5.41, 5.74) is 0.0960. The standard InChI is InChI=1S/C11H13ClN2O5S2/c1-2-13-11(15)8-3-4-9(14(16)17)10(7-8)20-5-6-21(12,18)19/h3-4,7H,2,5-6H2,1H3,(H,13,15). The number of benzene rings is 1. The van der Waals surface area contributed by atoms with Gasteiger partial charge in [0.05, 0.1) is 15.6 Å². The number of thioether (sulfide) groups is 1. The number of rotatable bonds is 7. The highest BCUT2D eigenvalue weighted by Crippen LogP contribution is 2.30. The molecular formula is C11H13ClN2O5S2. The predicted molar refractivity (Wildman–Crippen MR) is 81.5 cm³/mol. The van der Waals surface area contributed by atoms with Crippen LogP contribution in [0.5, 0.6) is 0 Å². The SMILES string of the molecule is CCNC(=O)c1ccc([N+](=O)[O-])c(SCCS(=O)(=O)Cl)c1. The zero-order valence-corrected chi connectivity index (χ0v) is 13.4. The first-order chi connectivity index (χ1) is 9.74. The second-order valence-corrected chi connectivity index (χ2v) is 7.92. The zero-order valence-electron chi connectivity index (χ0n) is 11.0. The lowest BCUT2D eigenvalue weighted by Gasteiger charge is -2.06. The third-order valence-corrected chi connectivity index (χ3v) is 4.80. The molecule has 21 heavy (non-hydrogen) atoms. The Morgan fingerprint density at radius 3 is 2.67 bits per heavy atom. The second kappa shape index (κ2) is 7.62. The van der Waals surface area contributed by atoms with Crippen LogP contribution in [-0.2, 0) is 9.05 Å². The number of carbonyl (C=O) groups excluding carboxylic acids is 1. The molecule has 1 aromatic carbocycles. The maximum atomic E-state index is 11.7. The number of nitrogens with zero attached hydrogens (tertiary/aromatic N) is 1. The minimum Gasteiger partial charge on any atom is -0.352 e. The highest BCUT2D eigenvalue weighted by molar-refractivity contribution is 8.14. The van der Waals surface area contributed by atoms with Crippen molar-refractivity contribution in [1.82, 2.24) is 5.32 Å². The second-order valence-electron chi connectivity index (χ2n) is 3.89. The van der Waals surface area contributed by atoms with Crippen molar-refractivity contribution in [2.45, 2.75) is 11.8 Å². The third-order valence-electron chi connectivity index (χ3n) is 2.34. The minimum atomic E-state index is -3.66. The summed E-state index contributed by atoms with van der Waals surface area (Å²) in [6.07, 6.45) is 0. The molecule has 0 heterocycles. The molecule has 1 aromatic rings. The van der Waals surface area contributed by atoms with Gasteiger partial charge >= 0.3 is 0 Å². The van der Waals surface area contributed by atoms with Crippen LogP contribution >= 0.6 is 22.4 Å². The first-order valence-electron chi connectivity index (χ1n) is 5.86. The molecule has 0 radical (unpaired) electrons. The van der Waals surface area contributed by atoms with Gasteiger partial charge in [0.1, 0.15) is 0 Å². The molecule has 116 valence electrons. The van der Waals surface area contributed by atoms with Gasteiger partial charge in [-0.25, -0.2) is 8.42 Å². The van der Waals surface area contributed by atoms with E-state index in [0.717, 1.165) is 11.8 Å². The van der Waals surface area contributed by atoms with Gasteiger partial charge in [-0.05, 0) is 19.1 Å². The van der Waals surface area contributed by atoms with Crippen LogP contribution in [0, 0.1) is 10.1 Å². The molecule has 1 rings (SSSR count). The number of amides is 1. The van der Waals surface area contributed by atoms with Gasteiger partial charge in [-0.1, -0.05) is 0 Å². The van der Waals surface area contributed by atoms with Crippen LogP contribution in [0.25, 0.3) is 0 Å².